The van der Waals surface area contributed by atoms with E-state index in [0.29, 0.717) is 17.4 Å². The third-order valence-corrected chi connectivity index (χ3v) is 11.2. The number of unbranched alkanes of at least 4 members (excludes halogenated alkanes) is 21. The van der Waals surface area contributed by atoms with Gasteiger partial charge in [0.15, 0.2) is 0 Å². The molecule has 0 fully saturated rings. The van der Waals surface area contributed by atoms with Crippen LogP contribution in [-0.2, 0) is 18.4 Å². The van der Waals surface area contributed by atoms with E-state index in [-0.39, 0.29) is 19.1 Å². The highest BCUT2D eigenvalue weighted by Crippen LogP contribution is 2.43. The molecule has 0 aromatic heterocycles. The largest absolute Gasteiger partial charge is 0.472 e. The normalized spacial score (nSPS) is 14.8. The minimum atomic E-state index is -4.34. The molecule has 0 saturated carbocycles. The molecule has 0 rings (SSSR count). The van der Waals surface area contributed by atoms with E-state index in [0.717, 1.165) is 70.6 Å². The molecule has 0 aliphatic rings. The number of phosphoric acid groups is 1. The zero-order valence-corrected chi connectivity index (χ0v) is 39.2. The molecule has 3 unspecified atom stereocenters. The first-order valence-electron chi connectivity index (χ1n) is 23.7. The lowest BCUT2D eigenvalue weighted by atomic mass is 10.0. The van der Waals surface area contributed by atoms with Gasteiger partial charge in [0.25, 0.3) is 0 Å². The predicted octanol–water partition coefficient (Wildman–Crippen LogP) is 13.4. The van der Waals surface area contributed by atoms with Gasteiger partial charge in [-0.3, -0.25) is 13.8 Å². The fraction of sp³-hybridized carbons (Fsp3) is 0.776. The summed E-state index contributed by atoms with van der Waals surface area (Å²) in [6.07, 6.45) is 52.8. The molecule has 58 heavy (non-hydrogen) atoms. The lowest BCUT2D eigenvalue weighted by Gasteiger charge is -2.25. The maximum atomic E-state index is 12.9. The number of phosphoric ester groups is 1. The molecular formula is C49H92N2O6P+. The van der Waals surface area contributed by atoms with Crippen LogP contribution in [-0.4, -0.2) is 73.4 Å². The van der Waals surface area contributed by atoms with Crippen molar-refractivity contribution in [2.75, 3.05) is 40.9 Å². The van der Waals surface area contributed by atoms with Gasteiger partial charge in [0.2, 0.25) is 5.91 Å². The second kappa shape index (κ2) is 40.6. The van der Waals surface area contributed by atoms with Crippen LogP contribution >= 0.6 is 7.82 Å². The van der Waals surface area contributed by atoms with E-state index < -0.39 is 20.0 Å². The molecule has 0 bridgehead atoms. The number of amides is 1. The molecule has 0 aliphatic heterocycles. The average Bonchev–Trinajstić information content (AvgIpc) is 3.17. The summed E-state index contributed by atoms with van der Waals surface area (Å²) in [6.45, 7) is 4.69. The van der Waals surface area contributed by atoms with E-state index >= 15 is 0 Å². The fourth-order valence-electron chi connectivity index (χ4n) is 6.50. The number of nitrogens with one attached hydrogen (secondary N) is 1. The molecule has 0 aromatic rings. The molecule has 3 N–H and O–H groups in total. The summed E-state index contributed by atoms with van der Waals surface area (Å²) in [7, 11) is 1.56. The zero-order chi connectivity index (χ0) is 42.8. The molecule has 0 aromatic carbocycles. The number of nitrogens with zero attached hydrogens (tertiary/aromatic N) is 1. The summed E-state index contributed by atoms with van der Waals surface area (Å²) in [6, 6.07) is -0.852. The van der Waals surface area contributed by atoms with Crippen LogP contribution in [0.15, 0.2) is 60.8 Å². The Bertz CT molecular complexity index is 1130. The third kappa shape index (κ3) is 42.3. The van der Waals surface area contributed by atoms with Crippen LogP contribution in [0, 0.1) is 0 Å². The Morgan fingerprint density at radius 2 is 1.03 bits per heavy atom. The van der Waals surface area contributed by atoms with Crippen LogP contribution in [0.25, 0.3) is 0 Å². The molecule has 0 aliphatic carbocycles. The van der Waals surface area contributed by atoms with E-state index in [1.165, 1.54) is 103 Å². The lowest BCUT2D eigenvalue weighted by molar-refractivity contribution is -0.870. The van der Waals surface area contributed by atoms with E-state index in [2.05, 4.69) is 67.8 Å². The number of allylic oxidation sites excluding steroid dienone is 9. The Morgan fingerprint density at radius 3 is 1.52 bits per heavy atom. The van der Waals surface area contributed by atoms with Gasteiger partial charge >= 0.3 is 7.82 Å². The van der Waals surface area contributed by atoms with Crippen molar-refractivity contribution in [2.24, 2.45) is 0 Å². The quantitative estimate of drug-likeness (QED) is 0.0245. The van der Waals surface area contributed by atoms with Crippen molar-refractivity contribution in [3.63, 3.8) is 0 Å². The maximum absolute atomic E-state index is 12.9. The lowest BCUT2D eigenvalue weighted by Crippen LogP contribution is -2.45. The first kappa shape index (κ1) is 56.2. The Kier molecular flexibility index (Phi) is 39.3. The van der Waals surface area contributed by atoms with Crippen molar-refractivity contribution in [1.82, 2.24) is 5.32 Å². The van der Waals surface area contributed by atoms with Crippen molar-refractivity contribution in [3.8, 4) is 0 Å². The van der Waals surface area contributed by atoms with Crippen LogP contribution in [0.1, 0.15) is 194 Å². The molecule has 0 spiro atoms. The van der Waals surface area contributed by atoms with Crippen molar-refractivity contribution in [1.29, 1.82) is 0 Å². The second-order valence-corrected chi connectivity index (χ2v) is 18.6. The van der Waals surface area contributed by atoms with Crippen molar-refractivity contribution >= 4 is 13.7 Å². The van der Waals surface area contributed by atoms with Crippen molar-refractivity contribution in [2.45, 2.75) is 206 Å². The van der Waals surface area contributed by atoms with Crippen molar-refractivity contribution < 1.29 is 32.9 Å². The highest BCUT2D eigenvalue weighted by Gasteiger charge is 2.27. The van der Waals surface area contributed by atoms with Crippen LogP contribution in [0.4, 0.5) is 0 Å². The summed E-state index contributed by atoms with van der Waals surface area (Å²) < 4.78 is 23.6. The molecule has 8 nitrogen and oxygen atoms in total. The number of rotatable bonds is 42. The number of likely N-dealkylation sites (N-methyl/N-ethyl adjacent to an activating group) is 1. The molecule has 0 saturated heterocycles. The van der Waals surface area contributed by atoms with Gasteiger partial charge in [0, 0.05) is 6.42 Å². The summed E-state index contributed by atoms with van der Waals surface area (Å²) in [5.41, 5.74) is 0. The topological polar surface area (TPSA) is 105 Å². The monoisotopic (exact) mass is 836 g/mol. The first-order chi connectivity index (χ1) is 28.0. The molecular weight excluding hydrogens is 744 g/mol. The average molecular weight is 836 g/mol. The number of aliphatic hydroxyl groups is 1. The summed E-state index contributed by atoms with van der Waals surface area (Å²) in [4.78, 5) is 23.2. The van der Waals surface area contributed by atoms with Gasteiger partial charge in [-0.25, -0.2) is 4.57 Å². The smallest absolute Gasteiger partial charge is 0.387 e. The van der Waals surface area contributed by atoms with Gasteiger partial charge in [0.1, 0.15) is 13.2 Å². The fourth-order valence-corrected chi connectivity index (χ4v) is 7.24. The van der Waals surface area contributed by atoms with Gasteiger partial charge in [-0.2, -0.15) is 0 Å². The number of hydrogen-bond donors (Lipinski definition) is 3. The van der Waals surface area contributed by atoms with Gasteiger partial charge in [0.05, 0.1) is 39.9 Å². The second-order valence-electron chi connectivity index (χ2n) is 17.1. The minimum absolute atomic E-state index is 0.0575. The molecule has 1 amide bonds. The van der Waals surface area contributed by atoms with E-state index in [1.54, 1.807) is 6.08 Å². The molecule has 3 atom stereocenters. The summed E-state index contributed by atoms with van der Waals surface area (Å²) in [5, 5.41) is 13.8. The van der Waals surface area contributed by atoms with Gasteiger partial charge in [-0.05, 0) is 57.8 Å². The number of aliphatic hydroxyl groups excluding tert-OH is 1. The molecule has 338 valence electrons. The first-order valence-corrected chi connectivity index (χ1v) is 25.2. The minimum Gasteiger partial charge on any atom is -0.387 e. The van der Waals surface area contributed by atoms with Gasteiger partial charge < -0.3 is 19.8 Å². The van der Waals surface area contributed by atoms with Gasteiger partial charge in [-0.15, -0.1) is 0 Å². The predicted molar refractivity (Wildman–Crippen MR) is 249 cm³/mol. The molecule has 0 heterocycles. The van der Waals surface area contributed by atoms with Crippen LogP contribution < -0.4 is 5.32 Å². The SMILES string of the molecule is CC/C=C\C/C=C\C/C=C\C/C=C\CCCCCCCCCCC(=O)NC(COP(=O)(O)OCC[N+](C)(C)C)C(O)/C=C/CCCCCCCCCCCCCCC. The summed E-state index contributed by atoms with van der Waals surface area (Å²) in [5.74, 6) is -0.188. The Balaban J connectivity index is 4.38. The number of quaternary nitrogens is 1. The zero-order valence-electron chi connectivity index (χ0n) is 38.3. The van der Waals surface area contributed by atoms with Crippen LogP contribution in [0.5, 0.6) is 0 Å². The Hall–Kier alpha value is -1.80. The van der Waals surface area contributed by atoms with E-state index in [1.807, 2.05) is 27.2 Å². The Morgan fingerprint density at radius 1 is 0.603 bits per heavy atom. The van der Waals surface area contributed by atoms with Crippen molar-refractivity contribution in [3.05, 3.63) is 60.8 Å². The number of hydrogen-bond acceptors (Lipinski definition) is 5. The number of carbonyl (C=O) groups excluding carboxylic acids is 1. The van der Waals surface area contributed by atoms with E-state index in [4.69, 9.17) is 9.05 Å². The highest BCUT2D eigenvalue weighted by molar-refractivity contribution is 7.47. The highest BCUT2D eigenvalue weighted by atomic mass is 31.2. The Labute approximate surface area is 358 Å². The maximum Gasteiger partial charge on any atom is 0.472 e. The standard InChI is InChI=1S/C49H91N2O6P/c1-6-8-10-12-14-16-18-20-22-23-24-25-26-27-29-31-33-35-37-39-41-43-49(53)50-47(46-57-58(54,55)56-45-44-51(3,4)5)48(52)42-40-38-36-34-32-30-28-21-19-17-15-13-11-9-7-2/h8,10,14,16,20,22,24-25,40,42,47-48,52H,6-7,9,11-13,15,17-19,21,23,26-39,41,43-46H2,1-5H3,(H-,50,53,54,55)/p+1/b10-8-,16-14-,22-20-,25-24-,42-40+. The van der Waals surface area contributed by atoms with Gasteiger partial charge in [-0.1, -0.05) is 190 Å². The van der Waals surface area contributed by atoms with E-state index in [9.17, 15) is 19.4 Å². The van der Waals surface area contributed by atoms with Crippen LogP contribution in [0.3, 0.4) is 0 Å². The molecule has 9 heteroatoms. The van der Waals surface area contributed by atoms with Crippen LogP contribution in [0.2, 0.25) is 0 Å². The summed E-state index contributed by atoms with van der Waals surface area (Å²) >= 11 is 0. The third-order valence-electron chi connectivity index (χ3n) is 10.2. The molecule has 0 radical (unpaired) electrons. The number of carbonyl (C=O) groups is 1.